The Labute approximate surface area is 201 Å². The number of hydrogen-bond acceptors (Lipinski definition) is 4. The second-order valence-electron chi connectivity index (χ2n) is 8.38. The molecule has 0 saturated carbocycles. The van der Waals surface area contributed by atoms with Gasteiger partial charge in [0.1, 0.15) is 0 Å². The van der Waals surface area contributed by atoms with E-state index in [1.165, 1.54) is 0 Å². The van der Waals surface area contributed by atoms with Gasteiger partial charge >= 0.3 is 6.03 Å². The van der Waals surface area contributed by atoms with Crippen molar-refractivity contribution in [1.29, 1.82) is 0 Å². The van der Waals surface area contributed by atoms with Gasteiger partial charge in [0.15, 0.2) is 0 Å². The van der Waals surface area contributed by atoms with Gasteiger partial charge in [0.2, 0.25) is 5.91 Å². The summed E-state index contributed by atoms with van der Waals surface area (Å²) in [6.07, 6.45) is 0.369. The Bertz CT molecular complexity index is 1010. The summed E-state index contributed by atoms with van der Waals surface area (Å²) in [5.74, 6) is -0.158. The maximum atomic E-state index is 13.3. The fraction of sp³-hybridized carbons (Fsp3) is 0.423. The van der Waals surface area contributed by atoms with E-state index in [0.717, 1.165) is 16.9 Å². The molecule has 8 nitrogen and oxygen atoms in total. The first kappa shape index (κ1) is 25.1. The first-order valence-electron chi connectivity index (χ1n) is 12.0. The van der Waals surface area contributed by atoms with Gasteiger partial charge in [-0.2, -0.15) is 0 Å². The lowest BCUT2D eigenvalue weighted by Gasteiger charge is -2.37. The largest absolute Gasteiger partial charge is 0.367 e. The molecular weight excluding hydrogens is 430 g/mol. The van der Waals surface area contributed by atoms with Crippen molar-refractivity contribution in [2.75, 3.05) is 54.8 Å². The molecule has 0 aromatic heterocycles. The molecule has 8 heteroatoms. The number of amides is 4. The van der Waals surface area contributed by atoms with E-state index in [-0.39, 0.29) is 17.8 Å². The van der Waals surface area contributed by atoms with Crippen LogP contribution in [0.3, 0.4) is 0 Å². The van der Waals surface area contributed by atoms with Gasteiger partial charge in [-0.25, -0.2) is 4.79 Å². The van der Waals surface area contributed by atoms with E-state index in [9.17, 15) is 14.4 Å². The number of rotatable bonds is 7. The molecule has 2 aromatic carbocycles. The molecule has 1 aliphatic rings. The molecule has 0 radical (unpaired) electrons. The van der Waals surface area contributed by atoms with Gasteiger partial charge in [0.05, 0.1) is 5.56 Å². The van der Waals surface area contributed by atoms with Crippen molar-refractivity contribution in [3.8, 4) is 0 Å². The molecule has 0 unspecified atom stereocenters. The van der Waals surface area contributed by atoms with Crippen LogP contribution in [0.4, 0.5) is 21.9 Å². The molecule has 1 aliphatic heterocycles. The summed E-state index contributed by atoms with van der Waals surface area (Å²) >= 11 is 0. The van der Waals surface area contributed by atoms with Crippen LogP contribution in [0, 0.1) is 6.92 Å². The molecule has 182 valence electrons. The maximum Gasteiger partial charge on any atom is 0.321 e. The average Bonchev–Trinajstić information content (AvgIpc) is 2.86. The zero-order valence-electron chi connectivity index (χ0n) is 20.6. The van der Waals surface area contributed by atoms with Crippen molar-refractivity contribution >= 4 is 34.9 Å². The highest BCUT2D eigenvalue weighted by Crippen LogP contribution is 2.27. The number of anilines is 3. The van der Waals surface area contributed by atoms with Crippen LogP contribution < -0.4 is 15.5 Å². The van der Waals surface area contributed by atoms with Gasteiger partial charge in [0.25, 0.3) is 5.91 Å². The Balaban J connectivity index is 1.74. The molecule has 4 amide bonds. The third-order valence-corrected chi connectivity index (χ3v) is 6.09. The van der Waals surface area contributed by atoms with E-state index in [2.05, 4.69) is 15.5 Å². The highest BCUT2D eigenvalue weighted by Gasteiger charge is 2.26. The van der Waals surface area contributed by atoms with Gasteiger partial charge in [-0.1, -0.05) is 24.6 Å². The average molecular weight is 466 g/mol. The number of hydrogen-bond donors (Lipinski definition) is 2. The smallest absolute Gasteiger partial charge is 0.321 e. The Kier molecular flexibility index (Phi) is 8.51. The van der Waals surface area contributed by atoms with E-state index in [0.29, 0.717) is 56.9 Å². The standard InChI is InChI=1S/C26H35N5O3/c1-5-24(32)27-21-12-13-23(22(18-21)25(33)29(6-2)7-3)30-14-16-31(17-15-30)26(34)28-20-10-8-19(4)9-11-20/h8-13,18H,5-7,14-17H2,1-4H3,(H,27,32)(H,28,34). The predicted molar refractivity (Wildman–Crippen MR) is 137 cm³/mol. The summed E-state index contributed by atoms with van der Waals surface area (Å²) in [4.78, 5) is 43.6. The van der Waals surface area contributed by atoms with Crippen LogP contribution in [0.2, 0.25) is 0 Å². The summed E-state index contributed by atoms with van der Waals surface area (Å²) in [7, 11) is 0. The number of carbonyl (C=O) groups is 3. The highest BCUT2D eigenvalue weighted by molar-refractivity contribution is 6.02. The zero-order valence-corrected chi connectivity index (χ0v) is 20.6. The van der Waals surface area contributed by atoms with E-state index in [1.54, 1.807) is 22.8 Å². The monoisotopic (exact) mass is 465 g/mol. The number of benzene rings is 2. The van der Waals surface area contributed by atoms with E-state index < -0.39 is 0 Å². The molecule has 0 spiro atoms. The van der Waals surface area contributed by atoms with Gasteiger partial charge in [-0.05, 0) is 51.1 Å². The second kappa shape index (κ2) is 11.5. The molecule has 0 atom stereocenters. The third-order valence-electron chi connectivity index (χ3n) is 6.09. The molecule has 34 heavy (non-hydrogen) atoms. The molecule has 1 heterocycles. The number of nitrogens with zero attached hydrogens (tertiary/aromatic N) is 3. The van der Waals surface area contributed by atoms with Crippen LogP contribution in [-0.2, 0) is 4.79 Å². The maximum absolute atomic E-state index is 13.3. The Morgan fingerprint density at radius 3 is 2.06 bits per heavy atom. The van der Waals surface area contributed by atoms with E-state index in [1.807, 2.05) is 57.2 Å². The van der Waals surface area contributed by atoms with Gasteiger partial charge in [-0.15, -0.1) is 0 Å². The first-order valence-corrected chi connectivity index (χ1v) is 12.0. The summed E-state index contributed by atoms with van der Waals surface area (Å²) in [6.45, 7) is 11.2. The number of nitrogens with one attached hydrogen (secondary N) is 2. The van der Waals surface area contributed by atoms with Crippen LogP contribution >= 0.6 is 0 Å². The fourth-order valence-electron chi connectivity index (χ4n) is 3.98. The lowest BCUT2D eigenvalue weighted by molar-refractivity contribution is -0.115. The number of urea groups is 1. The molecule has 0 bridgehead atoms. The van der Waals surface area contributed by atoms with Crippen molar-refractivity contribution in [3.63, 3.8) is 0 Å². The fourth-order valence-corrected chi connectivity index (χ4v) is 3.98. The van der Waals surface area contributed by atoms with Crippen LogP contribution in [-0.4, -0.2) is 66.9 Å². The molecule has 0 aliphatic carbocycles. The SMILES string of the molecule is CCC(=O)Nc1ccc(N2CCN(C(=O)Nc3ccc(C)cc3)CC2)c(C(=O)N(CC)CC)c1. The van der Waals surface area contributed by atoms with Crippen LogP contribution in [0.25, 0.3) is 0 Å². The molecule has 2 aromatic rings. The van der Waals surface area contributed by atoms with Gasteiger partial charge < -0.3 is 25.3 Å². The lowest BCUT2D eigenvalue weighted by atomic mass is 10.1. The number of carbonyl (C=O) groups excluding carboxylic acids is 3. The summed E-state index contributed by atoms with van der Waals surface area (Å²) in [5.41, 5.74) is 3.92. The Morgan fingerprint density at radius 2 is 1.47 bits per heavy atom. The van der Waals surface area contributed by atoms with Crippen molar-refractivity contribution in [2.24, 2.45) is 0 Å². The molecule has 1 fully saturated rings. The Morgan fingerprint density at radius 1 is 0.853 bits per heavy atom. The number of piperazine rings is 1. The van der Waals surface area contributed by atoms with Crippen LogP contribution in [0.5, 0.6) is 0 Å². The number of aryl methyl sites for hydroxylation is 1. The minimum atomic E-state index is -0.124. The van der Waals surface area contributed by atoms with Crippen molar-refractivity contribution in [3.05, 3.63) is 53.6 Å². The normalized spacial score (nSPS) is 13.4. The Hall–Kier alpha value is -3.55. The minimum Gasteiger partial charge on any atom is -0.367 e. The molecule has 3 rings (SSSR count). The topological polar surface area (TPSA) is 85.0 Å². The highest BCUT2D eigenvalue weighted by atomic mass is 16.2. The third kappa shape index (κ3) is 6.07. The van der Waals surface area contributed by atoms with Crippen molar-refractivity contribution in [1.82, 2.24) is 9.80 Å². The molecule has 1 saturated heterocycles. The second-order valence-corrected chi connectivity index (χ2v) is 8.38. The summed E-state index contributed by atoms with van der Waals surface area (Å²) < 4.78 is 0. The van der Waals surface area contributed by atoms with Crippen LogP contribution in [0.1, 0.15) is 43.1 Å². The quantitative estimate of drug-likeness (QED) is 0.642. The lowest BCUT2D eigenvalue weighted by Crippen LogP contribution is -2.50. The van der Waals surface area contributed by atoms with Gasteiger partial charge in [0, 0.05) is 62.8 Å². The van der Waals surface area contributed by atoms with E-state index in [4.69, 9.17) is 0 Å². The van der Waals surface area contributed by atoms with E-state index >= 15 is 0 Å². The molecule has 2 N–H and O–H groups in total. The minimum absolute atomic E-state index is 0.0628. The first-order chi connectivity index (χ1) is 16.4. The summed E-state index contributed by atoms with van der Waals surface area (Å²) in [5, 5.41) is 5.80. The molecular formula is C26H35N5O3. The zero-order chi connectivity index (χ0) is 24.7. The van der Waals surface area contributed by atoms with Crippen molar-refractivity contribution in [2.45, 2.75) is 34.1 Å². The summed E-state index contributed by atoms with van der Waals surface area (Å²) in [6, 6.07) is 13.1. The van der Waals surface area contributed by atoms with Gasteiger partial charge in [-0.3, -0.25) is 9.59 Å². The predicted octanol–water partition coefficient (Wildman–Crippen LogP) is 4.18. The van der Waals surface area contributed by atoms with Crippen molar-refractivity contribution < 1.29 is 14.4 Å². The van der Waals surface area contributed by atoms with Crippen LogP contribution in [0.15, 0.2) is 42.5 Å².